The quantitative estimate of drug-likeness (QED) is 0.786. The van der Waals surface area contributed by atoms with Gasteiger partial charge in [0.05, 0.1) is 5.56 Å². The maximum absolute atomic E-state index is 13.4. The summed E-state index contributed by atoms with van der Waals surface area (Å²) in [6.45, 7) is 0. The third kappa shape index (κ3) is 1.74. The molecular formula is C12H6F3O. The Morgan fingerprint density at radius 3 is 2.25 bits per heavy atom. The molecule has 4 heteroatoms. The molecule has 81 valence electrons. The summed E-state index contributed by atoms with van der Waals surface area (Å²) in [6, 6.07) is 7.75. The van der Waals surface area contributed by atoms with Crippen LogP contribution >= 0.6 is 0 Å². The summed E-state index contributed by atoms with van der Waals surface area (Å²) in [5, 5.41) is 9.42. The van der Waals surface area contributed by atoms with Crippen LogP contribution in [0.15, 0.2) is 30.3 Å². The summed E-state index contributed by atoms with van der Waals surface area (Å²) in [6.07, 6.45) is 0. The van der Waals surface area contributed by atoms with E-state index in [9.17, 15) is 18.3 Å². The maximum Gasteiger partial charge on any atom is 0.137 e. The van der Waals surface area contributed by atoms with Crippen LogP contribution in [0.25, 0.3) is 11.1 Å². The van der Waals surface area contributed by atoms with Crippen LogP contribution in [0.3, 0.4) is 0 Å². The minimum Gasteiger partial charge on any atom is -0.507 e. The minimum absolute atomic E-state index is 0.127. The van der Waals surface area contributed by atoms with Gasteiger partial charge < -0.3 is 5.11 Å². The number of phenols is 1. The first-order valence-electron chi connectivity index (χ1n) is 4.44. The van der Waals surface area contributed by atoms with Crippen molar-refractivity contribution < 1.29 is 18.3 Å². The fraction of sp³-hybridized carbons (Fsp3) is 0. The number of aromatic hydroxyl groups is 1. The lowest BCUT2D eigenvalue weighted by Gasteiger charge is -2.06. The Bertz CT molecular complexity index is 515. The lowest BCUT2D eigenvalue weighted by molar-refractivity contribution is 0.475. The van der Waals surface area contributed by atoms with Gasteiger partial charge in [0.25, 0.3) is 0 Å². The highest BCUT2D eigenvalue weighted by molar-refractivity contribution is 5.70. The Morgan fingerprint density at radius 2 is 1.69 bits per heavy atom. The second kappa shape index (κ2) is 3.89. The molecule has 0 aliphatic rings. The summed E-state index contributed by atoms with van der Waals surface area (Å²) in [5.41, 5.74) is -0.614. The van der Waals surface area contributed by atoms with Gasteiger partial charge in [-0.15, -0.1) is 0 Å². The SMILES string of the molecule is Oc1ccc[c]c1-c1c(F)cc(F)cc1F. The van der Waals surface area contributed by atoms with Crippen molar-refractivity contribution in [3.05, 3.63) is 53.8 Å². The van der Waals surface area contributed by atoms with Crippen LogP contribution in [0.1, 0.15) is 0 Å². The highest BCUT2D eigenvalue weighted by Crippen LogP contribution is 2.32. The molecule has 1 N–H and O–H groups in total. The van der Waals surface area contributed by atoms with Crippen LogP contribution in [-0.2, 0) is 0 Å². The summed E-state index contributed by atoms with van der Waals surface area (Å²) in [4.78, 5) is 0. The zero-order valence-electron chi connectivity index (χ0n) is 7.97. The van der Waals surface area contributed by atoms with E-state index in [0.29, 0.717) is 12.1 Å². The van der Waals surface area contributed by atoms with Crippen molar-refractivity contribution in [2.45, 2.75) is 0 Å². The van der Waals surface area contributed by atoms with Crippen molar-refractivity contribution in [3.8, 4) is 16.9 Å². The van der Waals surface area contributed by atoms with Crippen molar-refractivity contribution >= 4 is 0 Å². The van der Waals surface area contributed by atoms with E-state index in [-0.39, 0.29) is 11.3 Å². The van der Waals surface area contributed by atoms with Gasteiger partial charge in [0, 0.05) is 17.7 Å². The molecule has 1 nitrogen and oxygen atoms in total. The molecule has 0 amide bonds. The molecule has 0 aromatic heterocycles. The van der Waals surface area contributed by atoms with Crippen molar-refractivity contribution in [1.29, 1.82) is 0 Å². The first-order chi connectivity index (χ1) is 7.59. The van der Waals surface area contributed by atoms with Crippen LogP contribution in [0.5, 0.6) is 5.75 Å². The normalized spacial score (nSPS) is 10.4. The Labute approximate surface area is 89.8 Å². The largest absolute Gasteiger partial charge is 0.507 e. The Kier molecular flexibility index (Phi) is 2.56. The van der Waals surface area contributed by atoms with Gasteiger partial charge >= 0.3 is 0 Å². The molecule has 2 aromatic rings. The third-order valence-electron chi connectivity index (χ3n) is 2.09. The number of hydrogen-bond donors (Lipinski definition) is 1. The maximum atomic E-state index is 13.4. The molecule has 0 unspecified atom stereocenters. The van der Waals surface area contributed by atoms with E-state index in [2.05, 4.69) is 6.07 Å². The highest BCUT2D eigenvalue weighted by atomic mass is 19.1. The topological polar surface area (TPSA) is 20.2 Å². The second-order valence-electron chi connectivity index (χ2n) is 3.17. The highest BCUT2D eigenvalue weighted by Gasteiger charge is 2.16. The zero-order valence-corrected chi connectivity index (χ0v) is 7.97. The molecule has 0 heterocycles. The monoisotopic (exact) mass is 223 g/mol. The molecular weight excluding hydrogens is 217 g/mol. The van der Waals surface area contributed by atoms with Gasteiger partial charge in [-0.25, -0.2) is 13.2 Å². The van der Waals surface area contributed by atoms with Crippen LogP contribution in [-0.4, -0.2) is 5.11 Å². The van der Waals surface area contributed by atoms with Gasteiger partial charge in [-0.3, -0.25) is 0 Å². The van der Waals surface area contributed by atoms with Crippen LogP contribution in [0.2, 0.25) is 0 Å². The lowest BCUT2D eigenvalue weighted by Crippen LogP contribution is -1.92. The van der Waals surface area contributed by atoms with E-state index in [0.717, 1.165) is 0 Å². The predicted molar refractivity (Wildman–Crippen MR) is 52.3 cm³/mol. The zero-order chi connectivity index (χ0) is 11.7. The molecule has 16 heavy (non-hydrogen) atoms. The fourth-order valence-corrected chi connectivity index (χ4v) is 1.41. The summed E-state index contributed by atoms with van der Waals surface area (Å²) in [5.74, 6) is -3.47. The minimum atomic E-state index is -1.07. The molecule has 0 atom stereocenters. The Balaban J connectivity index is 2.70. The lowest BCUT2D eigenvalue weighted by atomic mass is 10.0. The van der Waals surface area contributed by atoms with Gasteiger partial charge in [0.15, 0.2) is 0 Å². The van der Waals surface area contributed by atoms with Crippen molar-refractivity contribution in [1.82, 2.24) is 0 Å². The van der Waals surface area contributed by atoms with E-state index in [1.165, 1.54) is 18.2 Å². The van der Waals surface area contributed by atoms with Crippen LogP contribution in [0, 0.1) is 23.5 Å². The van der Waals surface area contributed by atoms with Crippen molar-refractivity contribution in [3.63, 3.8) is 0 Å². The molecule has 0 aliphatic carbocycles. The van der Waals surface area contributed by atoms with Gasteiger partial charge in [-0.1, -0.05) is 12.1 Å². The molecule has 0 saturated carbocycles. The average Bonchev–Trinajstić information content (AvgIpc) is 2.19. The Hall–Kier alpha value is -1.97. The molecule has 0 aliphatic heterocycles. The number of hydrogen-bond acceptors (Lipinski definition) is 1. The van der Waals surface area contributed by atoms with E-state index in [4.69, 9.17) is 0 Å². The molecule has 2 aromatic carbocycles. The van der Waals surface area contributed by atoms with E-state index in [1.807, 2.05) is 0 Å². The average molecular weight is 223 g/mol. The van der Waals surface area contributed by atoms with Crippen LogP contribution in [0.4, 0.5) is 13.2 Å². The van der Waals surface area contributed by atoms with Crippen molar-refractivity contribution in [2.24, 2.45) is 0 Å². The smallest absolute Gasteiger partial charge is 0.137 e. The first-order valence-corrected chi connectivity index (χ1v) is 4.44. The van der Waals surface area contributed by atoms with E-state index < -0.39 is 23.0 Å². The van der Waals surface area contributed by atoms with Gasteiger partial charge in [0.2, 0.25) is 0 Å². The second-order valence-corrected chi connectivity index (χ2v) is 3.17. The molecule has 0 spiro atoms. The number of halogens is 3. The van der Waals surface area contributed by atoms with Gasteiger partial charge in [0.1, 0.15) is 23.2 Å². The fourth-order valence-electron chi connectivity index (χ4n) is 1.41. The van der Waals surface area contributed by atoms with Crippen molar-refractivity contribution in [2.75, 3.05) is 0 Å². The molecule has 0 saturated heterocycles. The number of rotatable bonds is 1. The summed E-state index contributed by atoms with van der Waals surface area (Å²) < 4.78 is 39.4. The summed E-state index contributed by atoms with van der Waals surface area (Å²) >= 11 is 0. The third-order valence-corrected chi connectivity index (χ3v) is 2.09. The van der Waals surface area contributed by atoms with Gasteiger partial charge in [-0.05, 0) is 12.1 Å². The van der Waals surface area contributed by atoms with Crippen LogP contribution < -0.4 is 0 Å². The first kappa shape index (κ1) is 10.5. The number of phenolic OH excluding ortho intramolecular Hbond substituents is 1. The van der Waals surface area contributed by atoms with E-state index in [1.54, 1.807) is 0 Å². The van der Waals surface area contributed by atoms with Gasteiger partial charge in [-0.2, -0.15) is 0 Å². The standard InChI is InChI=1S/C12H6F3O/c13-7-5-9(14)12(10(15)6-7)8-3-1-2-4-11(8)16/h1-2,4-6,16H. The molecule has 0 bridgehead atoms. The van der Waals surface area contributed by atoms with E-state index >= 15 is 0 Å². The molecule has 2 rings (SSSR count). The summed E-state index contributed by atoms with van der Waals surface area (Å²) in [7, 11) is 0. The number of benzene rings is 2. The Morgan fingerprint density at radius 1 is 1.06 bits per heavy atom. The molecule has 1 radical (unpaired) electrons. The molecule has 0 fully saturated rings. The predicted octanol–water partition coefficient (Wildman–Crippen LogP) is 3.28.